The minimum Gasteiger partial charge on any atom is -0.492 e. The number of carbonyl (C=O) groups is 1. The molecule has 24 heavy (non-hydrogen) atoms. The van der Waals surface area contributed by atoms with E-state index in [9.17, 15) is 4.79 Å². The highest BCUT2D eigenvalue weighted by atomic mass is 16.5. The van der Waals surface area contributed by atoms with Crippen LogP contribution in [0.15, 0.2) is 24.3 Å². The van der Waals surface area contributed by atoms with E-state index in [2.05, 4.69) is 24.1 Å². The molecule has 1 heterocycles. The molecular weight excluding hydrogens is 302 g/mol. The van der Waals surface area contributed by atoms with Crippen LogP contribution in [0.4, 0.5) is 0 Å². The van der Waals surface area contributed by atoms with Gasteiger partial charge in [-0.05, 0) is 45.5 Å². The molecule has 0 radical (unpaired) electrons. The summed E-state index contributed by atoms with van der Waals surface area (Å²) in [6.07, 6.45) is 2.11. The molecule has 1 saturated heterocycles. The molecule has 0 aromatic heterocycles. The third-order valence-corrected chi connectivity index (χ3v) is 4.58. The summed E-state index contributed by atoms with van der Waals surface area (Å²) < 4.78 is 5.71. The number of hydrogen-bond acceptors (Lipinski definition) is 4. The molecule has 0 atom stereocenters. The van der Waals surface area contributed by atoms with Crippen LogP contribution >= 0.6 is 0 Å². The van der Waals surface area contributed by atoms with Crippen molar-refractivity contribution in [3.63, 3.8) is 0 Å². The van der Waals surface area contributed by atoms with Crippen LogP contribution in [-0.2, 0) is 4.79 Å². The highest BCUT2D eigenvalue weighted by Gasteiger charge is 2.19. The van der Waals surface area contributed by atoms with Crippen molar-refractivity contribution in [2.45, 2.75) is 32.7 Å². The second kappa shape index (κ2) is 9.64. The average Bonchev–Trinajstić information content (AvgIpc) is 2.57. The number of likely N-dealkylation sites (N-methyl/N-ethyl adjacent to an activating group) is 1. The van der Waals surface area contributed by atoms with E-state index in [0.717, 1.165) is 44.8 Å². The average molecular weight is 333 g/mol. The summed E-state index contributed by atoms with van der Waals surface area (Å²) in [6.45, 7) is 9.26. The molecule has 1 aliphatic rings. The molecule has 1 fully saturated rings. The van der Waals surface area contributed by atoms with E-state index in [-0.39, 0.29) is 5.91 Å². The van der Waals surface area contributed by atoms with Crippen molar-refractivity contribution in [3.8, 4) is 5.75 Å². The zero-order valence-corrected chi connectivity index (χ0v) is 15.3. The Balaban J connectivity index is 1.60. The highest BCUT2D eigenvalue weighted by Crippen LogP contribution is 2.11. The van der Waals surface area contributed by atoms with E-state index in [1.807, 2.05) is 36.2 Å². The second-order valence-electron chi connectivity index (χ2n) is 6.68. The van der Waals surface area contributed by atoms with Crippen LogP contribution in [0.5, 0.6) is 5.75 Å². The lowest BCUT2D eigenvalue weighted by molar-refractivity contribution is -0.123. The maximum Gasteiger partial charge on any atom is 0.234 e. The number of nitrogens with one attached hydrogen (secondary N) is 1. The number of ether oxygens (including phenoxy) is 1. The number of carbonyl (C=O) groups excluding carboxylic acids is 1. The molecule has 5 heteroatoms. The van der Waals surface area contributed by atoms with Crippen LogP contribution in [-0.4, -0.2) is 68.1 Å². The molecule has 134 valence electrons. The maximum atomic E-state index is 12.1. The van der Waals surface area contributed by atoms with Crippen molar-refractivity contribution >= 4 is 5.91 Å². The third kappa shape index (κ3) is 6.49. The van der Waals surface area contributed by atoms with Gasteiger partial charge in [0.25, 0.3) is 0 Å². The molecular formula is C19H31N3O2. The SMILES string of the molecule is CCN1CCC(NC(=O)CN(C)CCOc2ccc(C)cc2)CC1. The Hall–Kier alpha value is -1.59. The van der Waals surface area contributed by atoms with E-state index in [0.29, 0.717) is 19.2 Å². The lowest BCUT2D eigenvalue weighted by atomic mass is 10.1. The van der Waals surface area contributed by atoms with Gasteiger partial charge in [-0.1, -0.05) is 24.6 Å². The van der Waals surface area contributed by atoms with E-state index >= 15 is 0 Å². The van der Waals surface area contributed by atoms with Gasteiger partial charge in [0.2, 0.25) is 5.91 Å². The molecule has 1 N–H and O–H groups in total. The van der Waals surface area contributed by atoms with Crippen LogP contribution < -0.4 is 10.1 Å². The van der Waals surface area contributed by atoms with E-state index in [1.54, 1.807) is 0 Å². The lowest BCUT2D eigenvalue weighted by Crippen LogP contribution is -2.47. The first kappa shape index (κ1) is 18.7. The number of hydrogen-bond donors (Lipinski definition) is 1. The Kier molecular flexibility index (Phi) is 7.53. The number of rotatable bonds is 8. The first-order chi connectivity index (χ1) is 11.6. The Labute approximate surface area is 146 Å². The standard InChI is InChI=1S/C19H31N3O2/c1-4-22-11-9-17(10-12-22)20-19(23)15-21(3)13-14-24-18-7-5-16(2)6-8-18/h5-8,17H,4,9-15H2,1-3H3,(H,20,23). The quantitative estimate of drug-likeness (QED) is 0.789. The van der Waals surface area contributed by atoms with E-state index < -0.39 is 0 Å². The fourth-order valence-electron chi connectivity index (χ4n) is 2.94. The molecule has 1 aromatic rings. The molecule has 2 rings (SSSR count). The van der Waals surface area contributed by atoms with Gasteiger partial charge < -0.3 is 15.0 Å². The van der Waals surface area contributed by atoms with Crippen molar-refractivity contribution in [2.24, 2.45) is 0 Å². The molecule has 1 amide bonds. The predicted molar refractivity (Wildman–Crippen MR) is 97.4 cm³/mol. The number of nitrogens with zero attached hydrogens (tertiary/aromatic N) is 2. The Bertz CT molecular complexity index is 496. The number of piperidine rings is 1. The minimum absolute atomic E-state index is 0.114. The van der Waals surface area contributed by atoms with Crippen LogP contribution in [0.3, 0.4) is 0 Å². The third-order valence-electron chi connectivity index (χ3n) is 4.58. The summed E-state index contributed by atoms with van der Waals surface area (Å²) in [6, 6.07) is 8.36. The fourth-order valence-corrected chi connectivity index (χ4v) is 2.94. The zero-order valence-electron chi connectivity index (χ0n) is 15.3. The maximum absolute atomic E-state index is 12.1. The van der Waals surface area contributed by atoms with E-state index in [4.69, 9.17) is 4.74 Å². The van der Waals surface area contributed by atoms with Crippen molar-refractivity contribution < 1.29 is 9.53 Å². The smallest absolute Gasteiger partial charge is 0.234 e. The van der Waals surface area contributed by atoms with Gasteiger partial charge in [0.1, 0.15) is 12.4 Å². The number of benzene rings is 1. The number of likely N-dealkylation sites (tertiary alicyclic amines) is 1. The molecule has 0 spiro atoms. The molecule has 0 unspecified atom stereocenters. The van der Waals surface area contributed by atoms with Crippen molar-refractivity contribution in [3.05, 3.63) is 29.8 Å². The van der Waals surface area contributed by atoms with Gasteiger partial charge in [0.05, 0.1) is 6.54 Å². The molecule has 1 aromatic carbocycles. The monoisotopic (exact) mass is 333 g/mol. The highest BCUT2D eigenvalue weighted by molar-refractivity contribution is 5.78. The number of amides is 1. The van der Waals surface area contributed by atoms with Gasteiger partial charge in [-0.3, -0.25) is 9.69 Å². The molecule has 0 bridgehead atoms. The van der Waals surface area contributed by atoms with Crippen LogP contribution in [0.2, 0.25) is 0 Å². The fraction of sp³-hybridized carbons (Fsp3) is 0.632. The van der Waals surface area contributed by atoms with Crippen LogP contribution in [0, 0.1) is 6.92 Å². The van der Waals surface area contributed by atoms with Gasteiger partial charge in [0.15, 0.2) is 0 Å². The zero-order chi connectivity index (χ0) is 17.4. The molecule has 1 aliphatic heterocycles. The van der Waals surface area contributed by atoms with Crippen molar-refractivity contribution in [2.75, 3.05) is 46.4 Å². The van der Waals surface area contributed by atoms with Gasteiger partial charge in [-0.2, -0.15) is 0 Å². The molecule has 0 aliphatic carbocycles. The number of aryl methyl sites for hydroxylation is 1. The summed E-state index contributed by atoms with van der Waals surface area (Å²) in [4.78, 5) is 16.6. The van der Waals surface area contributed by atoms with Crippen molar-refractivity contribution in [1.82, 2.24) is 15.1 Å². The van der Waals surface area contributed by atoms with Gasteiger partial charge in [-0.15, -0.1) is 0 Å². The topological polar surface area (TPSA) is 44.8 Å². The van der Waals surface area contributed by atoms with E-state index in [1.165, 1.54) is 5.56 Å². The minimum atomic E-state index is 0.114. The molecule has 5 nitrogen and oxygen atoms in total. The summed E-state index contributed by atoms with van der Waals surface area (Å²) in [7, 11) is 1.96. The molecule has 0 saturated carbocycles. The summed E-state index contributed by atoms with van der Waals surface area (Å²) >= 11 is 0. The van der Waals surface area contributed by atoms with Crippen molar-refractivity contribution in [1.29, 1.82) is 0 Å². The summed E-state index contributed by atoms with van der Waals surface area (Å²) in [5.74, 6) is 0.990. The first-order valence-electron chi connectivity index (χ1n) is 8.96. The van der Waals surface area contributed by atoms with Gasteiger partial charge in [0, 0.05) is 25.7 Å². The summed E-state index contributed by atoms with van der Waals surface area (Å²) in [5.41, 5.74) is 1.22. The Morgan fingerprint density at radius 2 is 1.96 bits per heavy atom. The second-order valence-corrected chi connectivity index (χ2v) is 6.68. The summed E-state index contributed by atoms with van der Waals surface area (Å²) in [5, 5.41) is 3.16. The van der Waals surface area contributed by atoms with Crippen LogP contribution in [0.25, 0.3) is 0 Å². The predicted octanol–water partition coefficient (Wildman–Crippen LogP) is 1.91. The lowest BCUT2D eigenvalue weighted by Gasteiger charge is -2.31. The normalized spacial score (nSPS) is 16.3. The first-order valence-corrected chi connectivity index (χ1v) is 8.96. The van der Waals surface area contributed by atoms with Crippen LogP contribution in [0.1, 0.15) is 25.3 Å². The largest absolute Gasteiger partial charge is 0.492 e. The van der Waals surface area contributed by atoms with Gasteiger partial charge >= 0.3 is 0 Å². The Morgan fingerprint density at radius 1 is 1.29 bits per heavy atom. The Morgan fingerprint density at radius 3 is 2.58 bits per heavy atom. The van der Waals surface area contributed by atoms with Gasteiger partial charge in [-0.25, -0.2) is 0 Å².